The van der Waals surface area contributed by atoms with Crippen molar-refractivity contribution in [3.8, 4) is 0 Å². The number of carbonyl (C=O) groups is 1. The van der Waals surface area contributed by atoms with Crippen molar-refractivity contribution in [2.45, 2.75) is 43.7 Å². The third-order valence-electron chi connectivity index (χ3n) is 3.43. The lowest BCUT2D eigenvalue weighted by atomic mass is 9.87. The van der Waals surface area contributed by atoms with Crippen LogP contribution in [0.3, 0.4) is 0 Å². The third-order valence-corrected chi connectivity index (χ3v) is 5.05. The summed E-state index contributed by atoms with van der Waals surface area (Å²) >= 11 is 0. The van der Waals surface area contributed by atoms with Crippen LogP contribution in [0.1, 0.15) is 38.2 Å². The third kappa shape index (κ3) is 3.20. The molecule has 1 rings (SSSR count). The Morgan fingerprint density at radius 2 is 1.80 bits per heavy atom. The standard InChI is InChI=1S/C12H20N2O5S/c1-11(2,12(3,4)17)13-20(18,19)8-6-9(10(15)16)14(5)7-8/h6-7,13,17H,1-5H3,(H,15,16). The second kappa shape index (κ2) is 4.87. The van der Waals surface area contributed by atoms with E-state index >= 15 is 0 Å². The van der Waals surface area contributed by atoms with Crippen LogP contribution in [0.5, 0.6) is 0 Å². The lowest BCUT2D eigenvalue weighted by molar-refractivity contribution is 0.00638. The summed E-state index contributed by atoms with van der Waals surface area (Å²) in [5.74, 6) is -1.21. The average Bonchev–Trinajstić information content (AvgIpc) is 2.57. The maximum Gasteiger partial charge on any atom is 0.352 e. The highest BCUT2D eigenvalue weighted by Crippen LogP contribution is 2.24. The maximum absolute atomic E-state index is 12.3. The van der Waals surface area contributed by atoms with Crippen molar-refractivity contribution in [3.05, 3.63) is 18.0 Å². The van der Waals surface area contributed by atoms with Crippen LogP contribution in [0.4, 0.5) is 0 Å². The van der Waals surface area contributed by atoms with E-state index in [0.29, 0.717) is 0 Å². The zero-order valence-electron chi connectivity index (χ0n) is 12.1. The number of rotatable bonds is 5. The molecule has 0 fully saturated rings. The van der Waals surface area contributed by atoms with Gasteiger partial charge in [-0.3, -0.25) is 0 Å². The number of carboxylic acid groups (broad SMARTS) is 1. The summed E-state index contributed by atoms with van der Waals surface area (Å²) in [5.41, 5.74) is -2.54. The number of aryl methyl sites for hydroxylation is 1. The Kier molecular flexibility index (Phi) is 4.06. The minimum absolute atomic E-state index is 0.133. The molecule has 3 N–H and O–H groups in total. The number of aliphatic hydroxyl groups is 1. The molecular weight excluding hydrogens is 284 g/mol. The molecule has 8 heteroatoms. The van der Waals surface area contributed by atoms with Gasteiger partial charge in [0, 0.05) is 13.2 Å². The van der Waals surface area contributed by atoms with Gasteiger partial charge in [-0.15, -0.1) is 0 Å². The van der Waals surface area contributed by atoms with Gasteiger partial charge < -0.3 is 14.8 Å². The first-order valence-corrected chi connectivity index (χ1v) is 7.42. The van der Waals surface area contributed by atoms with Crippen LogP contribution in [-0.4, -0.2) is 40.3 Å². The predicted octanol–water partition coefficient (Wildman–Crippen LogP) is 0.551. The first-order chi connectivity index (χ1) is 8.78. The Hall–Kier alpha value is -1.38. The number of nitrogens with zero attached hydrogens (tertiary/aromatic N) is 1. The number of hydrogen-bond acceptors (Lipinski definition) is 4. The molecule has 0 saturated heterocycles. The van der Waals surface area contributed by atoms with Crippen molar-refractivity contribution in [3.63, 3.8) is 0 Å². The normalized spacial score (nSPS) is 13.5. The molecule has 0 spiro atoms. The lowest BCUT2D eigenvalue weighted by Gasteiger charge is -2.37. The summed E-state index contributed by atoms with van der Waals surface area (Å²) in [6, 6.07) is 1.07. The van der Waals surface area contributed by atoms with Crippen LogP contribution in [0.2, 0.25) is 0 Å². The minimum atomic E-state index is -3.93. The molecule has 0 aliphatic rings. The highest BCUT2D eigenvalue weighted by molar-refractivity contribution is 7.89. The lowest BCUT2D eigenvalue weighted by Crippen LogP contribution is -2.57. The summed E-state index contributed by atoms with van der Waals surface area (Å²) < 4.78 is 28.1. The second-order valence-electron chi connectivity index (χ2n) is 5.77. The van der Waals surface area contributed by atoms with E-state index in [0.717, 1.165) is 6.07 Å². The van der Waals surface area contributed by atoms with Gasteiger partial charge in [0.05, 0.1) is 11.1 Å². The highest BCUT2D eigenvalue weighted by atomic mass is 32.2. The van der Waals surface area contributed by atoms with E-state index in [9.17, 15) is 18.3 Å². The Morgan fingerprint density at radius 3 is 2.15 bits per heavy atom. The summed E-state index contributed by atoms with van der Waals surface area (Å²) in [4.78, 5) is 10.8. The van der Waals surface area contributed by atoms with Gasteiger partial charge in [0.15, 0.2) is 0 Å². The molecule has 1 heterocycles. The van der Waals surface area contributed by atoms with Crippen molar-refractivity contribution in [1.29, 1.82) is 0 Å². The van der Waals surface area contributed by atoms with E-state index in [1.807, 2.05) is 0 Å². The molecule has 0 atom stereocenters. The number of hydrogen-bond donors (Lipinski definition) is 3. The van der Waals surface area contributed by atoms with Crippen molar-refractivity contribution >= 4 is 16.0 Å². The van der Waals surface area contributed by atoms with Gasteiger partial charge in [-0.1, -0.05) is 0 Å². The number of carboxylic acids is 1. The topological polar surface area (TPSA) is 109 Å². The first kappa shape index (κ1) is 16.7. The fourth-order valence-electron chi connectivity index (χ4n) is 1.41. The SMILES string of the molecule is Cn1cc(S(=O)(=O)NC(C)(C)C(C)(C)O)cc1C(=O)O. The quantitative estimate of drug-likeness (QED) is 0.736. The molecule has 1 aromatic heterocycles. The van der Waals surface area contributed by atoms with E-state index in [4.69, 9.17) is 5.11 Å². The van der Waals surface area contributed by atoms with Gasteiger partial charge in [0.1, 0.15) is 10.6 Å². The van der Waals surface area contributed by atoms with Gasteiger partial charge in [-0.05, 0) is 33.8 Å². The largest absolute Gasteiger partial charge is 0.477 e. The zero-order valence-corrected chi connectivity index (χ0v) is 12.9. The van der Waals surface area contributed by atoms with Crippen molar-refractivity contribution in [2.24, 2.45) is 7.05 Å². The Labute approximate surface area is 118 Å². The minimum Gasteiger partial charge on any atom is -0.477 e. The molecule has 0 amide bonds. The molecule has 1 aromatic rings. The summed E-state index contributed by atoms with van der Waals surface area (Å²) in [6.07, 6.45) is 1.21. The first-order valence-electron chi connectivity index (χ1n) is 5.94. The molecule has 0 unspecified atom stereocenters. The smallest absolute Gasteiger partial charge is 0.352 e. The molecule has 0 bridgehead atoms. The molecule has 0 aliphatic carbocycles. The Morgan fingerprint density at radius 1 is 1.30 bits per heavy atom. The fraction of sp³-hybridized carbons (Fsp3) is 0.583. The van der Waals surface area contributed by atoms with E-state index in [-0.39, 0.29) is 10.6 Å². The molecule has 0 radical (unpaired) electrons. The van der Waals surface area contributed by atoms with Crippen LogP contribution in [0.15, 0.2) is 17.2 Å². The zero-order chi connectivity index (χ0) is 15.9. The van der Waals surface area contributed by atoms with Crippen molar-refractivity contribution < 1.29 is 23.4 Å². The van der Waals surface area contributed by atoms with Gasteiger partial charge in [0.25, 0.3) is 0 Å². The van der Waals surface area contributed by atoms with Crippen molar-refractivity contribution in [2.75, 3.05) is 0 Å². The molecule has 0 aliphatic heterocycles. The Balaban J connectivity index is 3.19. The van der Waals surface area contributed by atoms with Gasteiger partial charge in [-0.25, -0.2) is 17.9 Å². The maximum atomic E-state index is 12.3. The highest BCUT2D eigenvalue weighted by Gasteiger charge is 2.39. The van der Waals surface area contributed by atoms with Gasteiger partial charge >= 0.3 is 5.97 Å². The van der Waals surface area contributed by atoms with E-state index in [1.54, 1.807) is 13.8 Å². The number of aromatic nitrogens is 1. The molecular formula is C12H20N2O5S. The average molecular weight is 304 g/mol. The molecule has 7 nitrogen and oxygen atoms in total. The van der Waals surface area contributed by atoms with E-state index < -0.39 is 27.1 Å². The summed E-state index contributed by atoms with van der Waals surface area (Å²) in [6.45, 7) is 6.07. The fourth-order valence-corrected chi connectivity index (χ4v) is 3.02. The van der Waals surface area contributed by atoms with Crippen LogP contribution in [0.25, 0.3) is 0 Å². The van der Waals surface area contributed by atoms with Gasteiger partial charge in [-0.2, -0.15) is 0 Å². The molecule has 0 aromatic carbocycles. The molecule has 114 valence electrons. The van der Waals surface area contributed by atoms with Crippen molar-refractivity contribution in [1.82, 2.24) is 9.29 Å². The van der Waals surface area contributed by atoms with Crippen LogP contribution < -0.4 is 4.72 Å². The monoisotopic (exact) mass is 304 g/mol. The summed E-state index contributed by atoms with van der Waals surface area (Å²) in [7, 11) is -2.48. The van der Waals surface area contributed by atoms with E-state index in [1.165, 1.54) is 31.7 Å². The Bertz CT molecular complexity index is 623. The predicted molar refractivity (Wildman–Crippen MR) is 73.1 cm³/mol. The van der Waals surface area contributed by atoms with Crippen LogP contribution in [0, 0.1) is 0 Å². The van der Waals surface area contributed by atoms with Crippen LogP contribution in [-0.2, 0) is 17.1 Å². The molecule has 20 heavy (non-hydrogen) atoms. The number of aromatic carboxylic acids is 1. The van der Waals surface area contributed by atoms with Crippen LogP contribution >= 0.6 is 0 Å². The second-order valence-corrected chi connectivity index (χ2v) is 7.45. The van der Waals surface area contributed by atoms with E-state index in [2.05, 4.69) is 4.72 Å². The van der Waals surface area contributed by atoms with Gasteiger partial charge in [0.2, 0.25) is 10.0 Å². The molecule has 0 saturated carbocycles. The summed E-state index contributed by atoms with van der Waals surface area (Å²) in [5, 5.41) is 18.9. The number of sulfonamides is 1. The number of nitrogens with one attached hydrogen (secondary N) is 1.